The van der Waals surface area contributed by atoms with Gasteiger partial charge in [-0.1, -0.05) is 12.1 Å². The number of hydrogen-bond donors (Lipinski definition) is 2. The van der Waals surface area contributed by atoms with E-state index >= 15 is 0 Å². The van der Waals surface area contributed by atoms with Crippen LogP contribution in [0.15, 0.2) is 75.6 Å². The minimum Gasteiger partial charge on any atom is -0.323 e. The molecule has 0 saturated carbocycles. The number of carbonyl (C=O) groups excluding carboxylic acids is 1. The molecule has 1 heterocycles. The van der Waals surface area contributed by atoms with E-state index in [9.17, 15) is 13.2 Å². The van der Waals surface area contributed by atoms with Crippen molar-refractivity contribution in [1.82, 2.24) is 14.7 Å². The van der Waals surface area contributed by atoms with Gasteiger partial charge in [-0.3, -0.25) is 4.79 Å². The third-order valence-electron chi connectivity index (χ3n) is 4.18. The molecule has 0 unspecified atom stereocenters. The van der Waals surface area contributed by atoms with Gasteiger partial charge in [-0.25, -0.2) is 23.1 Å². The number of nitrogens with one attached hydrogen (secondary N) is 2. The first-order valence-electron chi connectivity index (χ1n) is 9.38. The Labute approximate surface area is 186 Å². The Morgan fingerprint density at radius 3 is 2.16 bits per heavy atom. The van der Waals surface area contributed by atoms with Crippen LogP contribution >= 0.6 is 11.8 Å². The summed E-state index contributed by atoms with van der Waals surface area (Å²) in [5, 5.41) is 3.48. The number of sulfonamides is 1. The van der Waals surface area contributed by atoms with Crippen molar-refractivity contribution in [3.8, 4) is 0 Å². The van der Waals surface area contributed by atoms with E-state index in [1.54, 1.807) is 18.2 Å². The second-order valence-corrected chi connectivity index (χ2v) is 9.59. The molecule has 0 atom stereocenters. The zero-order chi connectivity index (χ0) is 22.4. The lowest BCUT2D eigenvalue weighted by Gasteiger charge is -2.05. The van der Waals surface area contributed by atoms with E-state index in [0.717, 1.165) is 16.3 Å². The number of rotatable bonds is 7. The van der Waals surface area contributed by atoms with E-state index in [-0.39, 0.29) is 10.8 Å². The first-order valence-corrected chi connectivity index (χ1v) is 11.7. The molecule has 9 heteroatoms. The zero-order valence-corrected chi connectivity index (χ0v) is 18.9. The molecule has 3 rings (SSSR count). The zero-order valence-electron chi connectivity index (χ0n) is 17.3. The fourth-order valence-corrected chi connectivity index (χ4v) is 4.28. The largest absolute Gasteiger partial charge is 0.323 e. The van der Waals surface area contributed by atoms with Crippen LogP contribution in [0.2, 0.25) is 0 Å². The molecule has 0 aliphatic carbocycles. The number of carbonyl (C=O) groups is 1. The Hall–Kier alpha value is -3.01. The highest BCUT2D eigenvalue weighted by atomic mass is 32.2. The van der Waals surface area contributed by atoms with Crippen molar-refractivity contribution in [2.75, 3.05) is 12.4 Å². The molecule has 1 aromatic heterocycles. The van der Waals surface area contributed by atoms with Crippen LogP contribution in [0.4, 0.5) is 5.69 Å². The Balaban J connectivity index is 1.59. The number of aromatic nitrogens is 2. The van der Waals surface area contributed by atoms with Gasteiger partial charge in [0.25, 0.3) is 0 Å². The van der Waals surface area contributed by atoms with Gasteiger partial charge >= 0.3 is 0 Å². The van der Waals surface area contributed by atoms with Crippen LogP contribution in [0.1, 0.15) is 17.0 Å². The molecule has 0 bridgehead atoms. The van der Waals surface area contributed by atoms with E-state index in [4.69, 9.17) is 0 Å². The van der Waals surface area contributed by atoms with Gasteiger partial charge in [0.15, 0.2) is 5.16 Å². The lowest BCUT2D eigenvalue weighted by molar-refractivity contribution is -0.111. The molecular formula is C22H22N4O3S2. The molecule has 160 valence electrons. The molecule has 7 nitrogen and oxygen atoms in total. The van der Waals surface area contributed by atoms with E-state index in [1.165, 1.54) is 37.0 Å². The molecule has 0 radical (unpaired) electrons. The Morgan fingerprint density at radius 2 is 1.58 bits per heavy atom. The normalized spacial score (nSPS) is 11.6. The summed E-state index contributed by atoms with van der Waals surface area (Å²) in [7, 11) is -2.12. The van der Waals surface area contributed by atoms with Crippen molar-refractivity contribution in [3.63, 3.8) is 0 Å². The van der Waals surface area contributed by atoms with Crippen molar-refractivity contribution in [3.05, 3.63) is 77.6 Å². The van der Waals surface area contributed by atoms with Crippen LogP contribution in [-0.2, 0) is 14.8 Å². The lowest BCUT2D eigenvalue weighted by Crippen LogP contribution is -2.18. The molecule has 31 heavy (non-hydrogen) atoms. The lowest BCUT2D eigenvalue weighted by atomic mass is 10.2. The van der Waals surface area contributed by atoms with Gasteiger partial charge in [0.1, 0.15) is 0 Å². The Bertz CT molecular complexity index is 1190. The molecule has 0 spiro atoms. The molecule has 1 amide bonds. The van der Waals surface area contributed by atoms with Gasteiger partial charge in [-0.05, 0) is 86.8 Å². The van der Waals surface area contributed by atoms with Gasteiger partial charge in [-0.2, -0.15) is 0 Å². The number of hydrogen-bond acceptors (Lipinski definition) is 6. The Kier molecular flexibility index (Phi) is 7.21. The number of benzene rings is 2. The van der Waals surface area contributed by atoms with E-state index in [0.29, 0.717) is 16.4 Å². The average molecular weight is 455 g/mol. The second kappa shape index (κ2) is 9.86. The highest BCUT2D eigenvalue weighted by Gasteiger charge is 2.10. The molecule has 0 fully saturated rings. The maximum Gasteiger partial charge on any atom is 0.248 e. The van der Waals surface area contributed by atoms with Gasteiger partial charge in [0.05, 0.1) is 4.90 Å². The average Bonchev–Trinajstić information content (AvgIpc) is 2.73. The van der Waals surface area contributed by atoms with Crippen molar-refractivity contribution in [2.45, 2.75) is 28.8 Å². The highest BCUT2D eigenvalue weighted by molar-refractivity contribution is 7.99. The molecule has 0 aliphatic rings. The molecule has 2 aromatic carbocycles. The summed E-state index contributed by atoms with van der Waals surface area (Å²) in [5.74, 6) is -0.287. The van der Waals surface area contributed by atoms with Crippen molar-refractivity contribution in [1.29, 1.82) is 0 Å². The molecule has 2 N–H and O–H groups in total. The third kappa shape index (κ3) is 6.48. The standard InChI is InChI=1S/C22H22N4O3S2/c1-15-14-16(2)25-22(24-15)30-19-9-7-18(8-10-19)26-21(27)13-6-17-4-11-20(12-5-17)31(28,29)23-3/h4-14,23H,1-3H3,(H,26,27)/b13-6+. The van der Waals surface area contributed by atoms with Gasteiger partial charge in [0.2, 0.25) is 15.9 Å². The second-order valence-electron chi connectivity index (χ2n) is 6.66. The summed E-state index contributed by atoms with van der Waals surface area (Å²) in [6.45, 7) is 3.87. The smallest absolute Gasteiger partial charge is 0.248 e. The van der Waals surface area contributed by atoms with Crippen LogP contribution in [-0.4, -0.2) is 31.3 Å². The summed E-state index contributed by atoms with van der Waals surface area (Å²) in [5.41, 5.74) is 3.22. The molecule has 3 aromatic rings. The number of aryl methyl sites for hydroxylation is 2. The summed E-state index contributed by atoms with van der Waals surface area (Å²) >= 11 is 1.46. The highest BCUT2D eigenvalue weighted by Crippen LogP contribution is 2.26. The van der Waals surface area contributed by atoms with Crippen molar-refractivity contribution < 1.29 is 13.2 Å². The van der Waals surface area contributed by atoms with E-state index < -0.39 is 10.0 Å². The monoisotopic (exact) mass is 454 g/mol. The molecule has 0 aliphatic heterocycles. The molecular weight excluding hydrogens is 432 g/mol. The number of amides is 1. The summed E-state index contributed by atoms with van der Waals surface area (Å²) in [4.78, 5) is 22.1. The van der Waals surface area contributed by atoms with Crippen molar-refractivity contribution in [2.24, 2.45) is 0 Å². The maximum absolute atomic E-state index is 12.2. The topological polar surface area (TPSA) is 101 Å². The van der Waals surface area contributed by atoms with E-state index in [2.05, 4.69) is 20.0 Å². The van der Waals surface area contributed by atoms with Crippen LogP contribution < -0.4 is 10.0 Å². The predicted octanol–water partition coefficient (Wildman–Crippen LogP) is 3.80. The fraction of sp³-hybridized carbons (Fsp3) is 0.136. The van der Waals surface area contributed by atoms with Crippen LogP contribution in [0.3, 0.4) is 0 Å². The summed E-state index contributed by atoms with van der Waals surface area (Å²) in [6, 6.07) is 15.6. The van der Waals surface area contributed by atoms with Crippen LogP contribution in [0, 0.1) is 13.8 Å². The van der Waals surface area contributed by atoms with Gasteiger partial charge in [-0.15, -0.1) is 0 Å². The fourth-order valence-electron chi connectivity index (χ4n) is 2.68. The van der Waals surface area contributed by atoms with Gasteiger partial charge < -0.3 is 5.32 Å². The number of anilines is 1. The van der Waals surface area contributed by atoms with Gasteiger partial charge in [0, 0.05) is 28.0 Å². The van der Waals surface area contributed by atoms with Crippen LogP contribution in [0.25, 0.3) is 6.08 Å². The number of nitrogens with zero attached hydrogens (tertiary/aromatic N) is 2. The summed E-state index contributed by atoms with van der Waals surface area (Å²) in [6.07, 6.45) is 3.01. The Morgan fingerprint density at radius 1 is 0.968 bits per heavy atom. The molecule has 0 saturated heterocycles. The quantitative estimate of drug-likeness (QED) is 0.416. The van der Waals surface area contributed by atoms with E-state index in [1.807, 2.05) is 44.2 Å². The third-order valence-corrected chi connectivity index (χ3v) is 6.48. The minimum atomic E-state index is -3.48. The first-order chi connectivity index (χ1) is 14.7. The van der Waals surface area contributed by atoms with Crippen molar-refractivity contribution >= 4 is 39.5 Å². The SMILES string of the molecule is CNS(=O)(=O)c1ccc(/C=C/C(=O)Nc2ccc(Sc3nc(C)cc(C)n3)cc2)cc1. The first kappa shape index (κ1) is 22.7. The van der Waals surface area contributed by atoms with Crippen LogP contribution in [0.5, 0.6) is 0 Å². The predicted molar refractivity (Wildman–Crippen MR) is 122 cm³/mol. The minimum absolute atomic E-state index is 0.167. The summed E-state index contributed by atoms with van der Waals surface area (Å²) < 4.78 is 25.7. The maximum atomic E-state index is 12.2.